The highest BCUT2D eigenvalue weighted by atomic mass is 79.9. The maximum atomic E-state index is 4.18. The van der Waals surface area contributed by atoms with Crippen molar-refractivity contribution in [1.29, 1.82) is 0 Å². The molecule has 0 fully saturated rings. The minimum atomic E-state index is 0.789. The number of hydrogen-bond acceptors (Lipinski definition) is 2. The van der Waals surface area contributed by atoms with Gasteiger partial charge in [0.1, 0.15) is 14.9 Å². The van der Waals surface area contributed by atoms with Crippen LogP contribution < -0.4 is 0 Å². The lowest BCUT2D eigenvalue weighted by Crippen LogP contribution is -2.17. The van der Waals surface area contributed by atoms with E-state index in [0.717, 1.165) is 14.9 Å². The molecule has 0 aromatic heterocycles. The molecule has 0 saturated carbocycles. The van der Waals surface area contributed by atoms with Gasteiger partial charge in [-0.25, -0.2) is 4.99 Å². The molecule has 0 radical (unpaired) electrons. The fraction of sp³-hybridized carbons (Fsp3) is 0. The van der Waals surface area contributed by atoms with E-state index in [0.29, 0.717) is 0 Å². The van der Waals surface area contributed by atoms with Gasteiger partial charge in [0.15, 0.2) is 0 Å². The molecule has 0 spiro atoms. The molecule has 0 atom stereocenters. The van der Waals surface area contributed by atoms with Crippen LogP contribution in [0.15, 0.2) is 45.6 Å². The summed E-state index contributed by atoms with van der Waals surface area (Å²) in [4.78, 5) is 6.13. The second kappa shape index (κ2) is 3.05. The minimum Gasteiger partial charge on any atom is -0.312 e. The first-order valence-corrected chi connectivity index (χ1v) is 4.90. The monoisotopic (exact) mass is 286 g/mol. The van der Waals surface area contributed by atoms with E-state index in [1.54, 1.807) is 0 Å². The van der Waals surface area contributed by atoms with Crippen LogP contribution in [0.4, 0.5) is 0 Å². The summed E-state index contributed by atoms with van der Waals surface area (Å²) in [7, 11) is 0. The molecule has 4 heteroatoms. The molecule has 2 aliphatic rings. The van der Waals surface area contributed by atoms with Gasteiger partial charge in [0.2, 0.25) is 0 Å². The summed E-state index contributed by atoms with van der Waals surface area (Å²) in [6, 6.07) is 0. The van der Waals surface area contributed by atoms with Gasteiger partial charge in [0.25, 0.3) is 0 Å². The molecule has 60 valence electrons. The van der Waals surface area contributed by atoms with E-state index in [2.05, 4.69) is 42.6 Å². The first kappa shape index (κ1) is 8.05. The minimum absolute atomic E-state index is 0.789. The number of fused-ring (bicyclic) bond motifs is 1. The lowest BCUT2D eigenvalue weighted by atomic mass is 10.3. The van der Waals surface area contributed by atoms with E-state index in [1.165, 1.54) is 0 Å². The van der Waals surface area contributed by atoms with E-state index in [1.807, 2.05) is 29.5 Å². The maximum Gasteiger partial charge on any atom is 0.139 e. The largest absolute Gasteiger partial charge is 0.312 e. The number of nitrogens with zero attached hydrogens (tertiary/aromatic N) is 2. The topological polar surface area (TPSA) is 15.6 Å². The molecule has 0 aromatic carbocycles. The van der Waals surface area contributed by atoms with E-state index in [4.69, 9.17) is 0 Å². The standard InChI is InChI=1S/C8H4Br2N2/c9-7-5-12-4-2-1-3-6(12)8(10)11-7/h1-2,4-5H. The molecule has 2 aliphatic heterocycles. The summed E-state index contributed by atoms with van der Waals surface area (Å²) in [6.45, 7) is 0. The Morgan fingerprint density at radius 2 is 2.25 bits per heavy atom. The van der Waals surface area contributed by atoms with Crippen LogP contribution in [0.5, 0.6) is 0 Å². The number of halogens is 2. The van der Waals surface area contributed by atoms with Crippen molar-refractivity contribution in [3.63, 3.8) is 0 Å². The quantitative estimate of drug-likeness (QED) is 0.494. The van der Waals surface area contributed by atoms with Gasteiger partial charge < -0.3 is 4.90 Å². The Labute approximate surface area is 86.9 Å². The van der Waals surface area contributed by atoms with Crippen molar-refractivity contribution in [3.8, 4) is 0 Å². The molecule has 2 heterocycles. The van der Waals surface area contributed by atoms with Crippen molar-refractivity contribution in [3.05, 3.63) is 40.6 Å². The SMILES string of the molecule is BrC1=CN2C=CC=C=C2C(Br)=N1. The summed E-state index contributed by atoms with van der Waals surface area (Å²) < 4.78 is 1.59. The van der Waals surface area contributed by atoms with Crippen LogP contribution in [0.3, 0.4) is 0 Å². The van der Waals surface area contributed by atoms with Crippen molar-refractivity contribution in [2.75, 3.05) is 0 Å². The molecule has 0 saturated heterocycles. The average Bonchev–Trinajstić information content (AvgIpc) is 2.04. The fourth-order valence-electron chi connectivity index (χ4n) is 0.976. The maximum absolute atomic E-state index is 4.18. The summed E-state index contributed by atoms with van der Waals surface area (Å²) >= 11 is 6.66. The van der Waals surface area contributed by atoms with Gasteiger partial charge in [0.05, 0.1) is 0 Å². The molecule has 0 bridgehead atoms. The van der Waals surface area contributed by atoms with Crippen LogP contribution in [0, 0.1) is 0 Å². The van der Waals surface area contributed by atoms with Gasteiger partial charge in [-0.2, -0.15) is 0 Å². The molecule has 0 amide bonds. The number of hydrogen-bond donors (Lipinski definition) is 0. The van der Waals surface area contributed by atoms with Crippen LogP contribution in [0.25, 0.3) is 0 Å². The third kappa shape index (κ3) is 1.33. The van der Waals surface area contributed by atoms with Crippen LogP contribution in [0.2, 0.25) is 0 Å². The number of aliphatic imine (C=N–C) groups is 1. The zero-order valence-corrected chi connectivity index (χ0v) is 9.13. The van der Waals surface area contributed by atoms with Crippen molar-refractivity contribution >= 4 is 36.5 Å². The van der Waals surface area contributed by atoms with Gasteiger partial charge in [-0.3, -0.25) is 0 Å². The van der Waals surface area contributed by atoms with E-state index >= 15 is 0 Å². The van der Waals surface area contributed by atoms with Gasteiger partial charge in [-0.15, -0.1) is 0 Å². The summed E-state index contributed by atoms with van der Waals surface area (Å²) in [6.07, 6.45) is 7.61. The average molecular weight is 288 g/mol. The van der Waals surface area contributed by atoms with Crippen molar-refractivity contribution in [2.24, 2.45) is 4.99 Å². The normalized spacial score (nSPS) is 19.8. The molecule has 0 aromatic rings. The van der Waals surface area contributed by atoms with Crippen LogP contribution in [-0.4, -0.2) is 9.52 Å². The van der Waals surface area contributed by atoms with Crippen LogP contribution in [0.1, 0.15) is 0 Å². The van der Waals surface area contributed by atoms with Gasteiger partial charge in [-0.05, 0) is 44.0 Å². The first-order chi connectivity index (χ1) is 5.77. The smallest absolute Gasteiger partial charge is 0.139 e. The lowest BCUT2D eigenvalue weighted by Gasteiger charge is -2.21. The van der Waals surface area contributed by atoms with Crippen molar-refractivity contribution in [2.45, 2.75) is 0 Å². The second-order valence-corrected chi connectivity index (χ2v) is 3.83. The zero-order chi connectivity index (χ0) is 8.55. The molecule has 0 unspecified atom stereocenters. The van der Waals surface area contributed by atoms with Crippen molar-refractivity contribution in [1.82, 2.24) is 4.90 Å². The number of allylic oxidation sites excluding steroid dienone is 2. The van der Waals surface area contributed by atoms with Crippen molar-refractivity contribution < 1.29 is 0 Å². The summed E-state index contributed by atoms with van der Waals surface area (Å²) in [5.41, 5.74) is 4.01. The summed E-state index contributed by atoms with van der Waals surface area (Å²) in [5.74, 6) is 0. The van der Waals surface area contributed by atoms with E-state index in [-0.39, 0.29) is 0 Å². The Kier molecular flexibility index (Phi) is 2.05. The van der Waals surface area contributed by atoms with Crippen LogP contribution >= 0.6 is 31.9 Å². The predicted molar refractivity (Wildman–Crippen MR) is 55.9 cm³/mol. The Morgan fingerprint density at radius 1 is 1.42 bits per heavy atom. The Hall–Kier alpha value is -0.570. The van der Waals surface area contributed by atoms with E-state index in [9.17, 15) is 0 Å². The highest BCUT2D eigenvalue weighted by molar-refractivity contribution is 9.18. The Balaban J connectivity index is 2.53. The second-order valence-electron chi connectivity index (χ2n) is 2.26. The Morgan fingerprint density at radius 3 is 3.08 bits per heavy atom. The molecular weight excluding hydrogens is 284 g/mol. The van der Waals surface area contributed by atoms with Gasteiger partial charge >= 0.3 is 0 Å². The fourth-order valence-corrected chi connectivity index (χ4v) is 2.12. The third-order valence-electron chi connectivity index (χ3n) is 1.47. The van der Waals surface area contributed by atoms with Crippen LogP contribution in [-0.2, 0) is 0 Å². The molecule has 12 heavy (non-hydrogen) atoms. The lowest BCUT2D eigenvalue weighted by molar-refractivity contribution is 0.653. The molecule has 2 rings (SSSR count). The van der Waals surface area contributed by atoms with Gasteiger partial charge in [0, 0.05) is 12.4 Å². The molecule has 0 N–H and O–H groups in total. The molecule has 0 aliphatic carbocycles. The molecule has 2 nitrogen and oxygen atoms in total. The zero-order valence-electron chi connectivity index (χ0n) is 5.96. The highest BCUT2D eigenvalue weighted by Crippen LogP contribution is 2.24. The summed E-state index contributed by atoms with van der Waals surface area (Å²) in [5, 5.41) is 0. The third-order valence-corrected chi connectivity index (χ3v) is 2.40. The van der Waals surface area contributed by atoms with Gasteiger partial charge in [-0.1, -0.05) is 5.73 Å². The Bertz CT molecular complexity index is 371. The highest BCUT2D eigenvalue weighted by Gasteiger charge is 2.15. The number of rotatable bonds is 0. The molecular formula is C8H4Br2N2. The predicted octanol–water partition coefficient (Wildman–Crippen LogP) is 2.86. The van der Waals surface area contributed by atoms with E-state index < -0.39 is 0 Å². The first-order valence-electron chi connectivity index (χ1n) is 3.31.